The fourth-order valence-electron chi connectivity index (χ4n) is 4.86. The highest BCUT2D eigenvalue weighted by Crippen LogP contribution is 2.65. The lowest BCUT2D eigenvalue weighted by molar-refractivity contribution is -0.280. The summed E-state index contributed by atoms with van der Waals surface area (Å²) in [6.45, 7) is 11.1. The number of halogens is 9. The van der Waals surface area contributed by atoms with Crippen molar-refractivity contribution in [2.45, 2.75) is 87.6 Å². The fourth-order valence-corrected chi connectivity index (χ4v) is 5.18. The van der Waals surface area contributed by atoms with Gasteiger partial charge in [-0.25, -0.2) is 34.9 Å². The van der Waals surface area contributed by atoms with Crippen LogP contribution in [0.5, 0.6) is 0 Å². The number of rotatable bonds is 17. The summed E-state index contributed by atoms with van der Waals surface area (Å²) in [6, 6.07) is 0. The Morgan fingerprint density at radius 3 is 1.56 bits per heavy atom. The van der Waals surface area contributed by atoms with Gasteiger partial charge in [0.05, 0.1) is 0 Å². The van der Waals surface area contributed by atoms with Gasteiger partial charge < -0.3 is 0 Å². The van der Waals surface area contributed by atoms with E-state index in [9.17, 15) is 8.42 Å². The average molecular weight is 653 g/mol. The van der Waals surface area contributed by atoms with Gasteiger partial charge in [0.15, 0.2) is 11.8 Å². The lowest BCUT2D eigenvalue weighted by atomic mass is 9.58. The van der Waals surface area contributed by atoms with Crippen molar-refractivity contribution < 1.29 is 56.7 Å². The van der Waals surface area contributed by atoms with Crippen LogP contribution in [0.4, 0.5) is 39.5 Å². The standard InChI is InChI=1S/C29H37F9O4S/c1-10-15-22(30)24(32,17-12-3)27(35,20(6)7)29(37,38)28(36,21(8)9)26(34,18-13-4)25(33,14-5)23(31,16-11-2)19-42-43(39,40)41/h10-18,22H,5-6,8,19H2,1-4,7,9H3,(H,39,40,41). The molecule has 0 aromatic heterocycles. The minimum Gasteiger partial charge on any atom is -0.264 e. The van der Waals surface area contributed by atoms with Crippen LogP contribution in [0.1, 0.15) is 41.5 Å². The third kappa shape index (κ3) is 6.19. The molecule has 0 radical (unpaired) electrons. The third-order valence-corrected chi connectivity index (χ3v) is 7.32. The van der Waals surface area contributed by atoms with E-state index in [0.29, 0.717) is 38.2 Å². The van der Waals surface area contributed by atoms with Crippen molar-refractivity contribution >= 4 is 10.4 Å². The summed E-state index contributed by atoms with van der Waals surface area (Å²) in [5.74, 6) is -6.24. The van der Waals surface area contributed by atoms with Crippen molar-refractivity contribution in [3.63, 3.8) is 0 Å². The van der Waals surface area contributed by atoms with Gasteiger partial charge in [0.2, 0.25) is 28.3 Å². The molecule has 0 heterocycles. The van der Waals surface area contributed by atoms with Crippen molar-refractivity contribution in [1.82, 2.24) is 0 Å². The Hall–Kier alpha value is -2.58. The lowest BCUT2D eigenvalue weighted by Gasteiger charge is -2.55. The molecule has 14 heteroatoms. The molecule has 43 heavy (non-hydrogen) atoms. The largest absolute Gasteiger partial charge is 0.397 e. The summed E-state index contributed by atoms with van der Waals surface area (Å²) in [6.07, 6.45) is -1.18. The van der Waals surface area contributed by atoms with E-state index in [0.717, 1.165) is 33.8 Å². The molecular formula is C29H37F9O4S. The van der Waals surface area contributed by atoms with Crippen LogP contribution in [0.3, 0.4) is 0 Å². The molecule has 7 unspecified atom stereocenters. The van der Waals surface area contributed by atoms with Crippen LogP contribution in [-0.4, -0.2) is 65.7 Å². The number of hydrogen-bond acceptors (Lipinski definition) is 3. The molecule has 0 aliphatic carbocycles. The quantitative estimate of drug-likeness (QED) is 0.0971. The zero-order chi connectivity index (χ0) is 34.5. The smallest absolute Gasteiger partial charge is 0.264 e. The summed E-state index contributed by atoms with van der Waals surface area (Å²) in [4.78, 5) is 0. The van der Waals surface area contributed by atoms with E-state index in [1.165, 1.54) is 0 Å². The van der Waals surface area contributed by atoms with E-state index >= 15 is 39.5 Å². The molecule has 0 aliphatic rings. The second-order valence-electron chi connectivity index (χ2n) is 9.83. The predicted octanol–water partition coefficient (Wildman–Crippen LogP) is 8.67. The molecule has 0 spiro atoms. The number of allylic oxidation sites excluding steroid dienone is 10. The summed E-state index contributed by atoms with van der Waals surface area (Å²) < 4.78 is 185. The maximum atomic E-state index is 17.4. The number of alkyl halides is 9. The molecule has 0 aromatic rings. The molecule has 246 valence electrons. The monoisotopic (exact) mass is 652 g/mol. The average Bonchev–Trinajstić information content (AvgIpc) is 2.89. The molecule has 0 amide bonds. The highest BCUT2D eigenvalue weighted by molar-refractivity contribution is 7.80. The predicted molar refractivity (Wildman–Crippen MR) is 149 cm³/mol. The number of hydrogen-bond donors (Lipinski definition) is 1. The van der Waals surface area contributed by atoms with Crippen LogP contribution in [0.15, 0.2) is 85.6 Å². The summed E-state index contributed by atoms with van der Waals surface area (Å²) >= 11 is 0. The molecular weight excluding hydrogens is 615 g/mol. The first kappa shape index (κ1) is 40.4. The maximum Gasteiger partial charge on any atom is 0.397 e. The zero-order valence-electron chi connectivity index (χ0n) is 24.6. The first-order valence-corrected chi connectivity index (χ1v) is 14.0. The Balaban J connectivity index is 8.51. The maximum absolute atomic E-state index is 17.4. The molecule has 7 atom stereocenters. The van der Waals surface area contributed by atoms with Crippen molar-refractivity contribution in [3.8, 4) is 0 Å². The van der Waals surface area contributed by atoms with E-state index in [-0.39, 0.29) is 24.3 Å². The third-order valence-electron chi connectivity index (χ3n) is 6.90. The molecule has 0 bridgehead atoms. The fraction of sp³-hybridized carbons (Fsp3) is 0.517. The molecule has 0 saturated carbocycles. The van der Waals surface area contributed by atoms with Crippen LogP contribution in [0, 0.1) is 0 Å². The second-order valence-corrected chi connectivity index (χ2v) is 10.9. The molecule has 0 aliphatic heterocycles. The van der Waals surface area contributed by atoms with Gasteiger partial charge in [0, 0.05) is 0 Å². The van der Waals surface area contributed by atoms with E-state index in [4.69, 9.17) is 4.55 Å². The minimum atomic E-state index is -6.24. The molecule has 0 fully saturated rings. The van der Waals surface area contributed by atoms with Crippen molar-refractivity contribution in [2.75, 3.05) is 6.61 Å². The van der Waals surface area contributed by atoms with Crippen molar-refractivity contribution in [3.05, 3.63) is 85.6 Å². The van der Waals surface area contributed by atoms with Crippen LogP contribution >= 0.6 is 0 Å². The van der Waals surface area contributed by atoms with E-state index < -0.39 is 74.3 Å². The zero-order valence-corrected chi connectivity index (χ0v) is 25.4. The van der Waals surface area contributed by atoms with Gasteiger partial charge in [-0.05, 0) is 77.0 Å². The first-order chi connectivity index (χ1) is 19.3. The Labute approximate surface area is 247 Å². The van der Waals surface area contributed by atoms with Gasteiger partial charge in [-0.1, -0.05) is 50.1 Å². The normalized spacial score (nSPS) is 22.8. The van der Waals surface area contributed by atoms with E-state index in [1.807, 2.05) is 0 Å². The minimum absolute atomic E-state index is 0.0237. The summed E-state index contributed by atoms with van der Waals surface area (Å²) in [5.41, 5.74) is -33.1. The van der Waals surface area contributed by atoms with Gasteiger partial charge in [0.25, 0.3) is 0 Å². The second kappa shape index (κ2) is 13.6. The topological polar surface area (TPSA) is 63.6 Å². The van der Waals surface area contributed by atoms with E-state index in [2.05, 4.69) is 23.9 Å². The Morgan fingerprint density at radius 1 is 0.791 bits per heavy atom. The SMILES string of the molecule is C=CC(F)(C(F)(C=CC)COS(=O)(=O)O)C(F)(C=CC)C(F)(C(=C)C)C(F)(F)C(F)(C(=C)C)C(F)(C=CC)C(F)C=CC. The van der Waals surface area contributed by atoms with Crippen molar-refractivity contribution in [1.29, 1.82) is 0 Å². The Bertz CT molecular complexity index is 1280. The van der Waals surface area contributed by atoms with Gasteiger partial charge in [-0.3, -0.25) is 4.55 Å². The van der Waals surface area contributed by atoms with Crippen LogP contribution in [-0.2, 0) is 14.6 Å². The van der Waals surface area contributed by atoms with Crippen LogP contribution < -0.4 is 0 Å². The van der Waals surface area contributed by atoms with Crippen molar-refractivity contribution in [2.24, 2.45) is 0 Å². The van der Waals surface area contributed by atoms with Gasteiger partial charge >= 0.3 is 16.3 Å². The Kier molecular flexibility index (Phi) is 12.8. The van der Waals surface area contributed by atoms with Gasteiger partial charge in [-0.2, -0.15) is 17.2 Å². The highest BCUT2D eigenvalue weighted by Gasteiger charge is 2.86. The molecule has 0 saturated heterocycles. The van der Waals surface area contributed by atoms with Gasteiger partial charge in [0.1, 0.15) is 6.61 Å². The van der Waals surface area contributed by atoms with Gasteiger partial charge in [-0.15, -0.1) is 0 Å². The van der Waals surface area contributed by atoms with Crippen LogP contribution in [0.2, 0.25) is 0 Å². The lowest BCUT2D eigenvalue weighted by Crippen LogP contribution is -2.78. The summed E-state index contributed by atoms with van der Waals surface area (Å²) in [7, 11) is -5.61. The molecule has 4 nitrogen and oxygen atoms in total. The van der Waals surface area contributed by atoms with Crippen LogP contribution in [0.25, 0.3) is 0 Å². The van der Waals surface area contributed by atoms with E-state index in [1.54, 1.807) is 0 Å². The highest BCUT2D eigenvalue weighted by atomic mass is 32.3. The first-order valence-electron chi connectivity index (χ1n) is 12.6. The molecule has 1 N–H and O–H groups in total. The summed E-state index contributed by atoms with van der Waals surface area (Å²) in [5, 5.41) is 0. The Morgan fingerprint density at radius 2 is 1.23 bits per heavy atom. The molecule has 0 aromatic carbocycles. The molecule has 0 rings (SSSR count).